The number of nitrogens with one attached hydrogen (secondary N) is 1. The SMILES string of the molecule is [CH2]CNc1ccc(S(=O)(=O)O)cc1[N+](=O)[O-]. The first-order valence-electron chi connectivity index (χ1n) is 4.15. The third-order valence-corrected chi connectivity index (χ3v) is 2.63. The van der Waals surface area contributed by atoms with Crippen LogP contribution in [0.5, 0.6) is 0 Å². The molecule has 0 amide bonds. The molecule has 0 heterocycles. The molecule has 0 atom stereocenters. The van der Waals surface area contributed by atoms with E-state index in [4.69, 9.17) is 4.55 Å². The van der Waals surface area contributed by atoms with Gasteiger partial charge < -0.3 is 5.32 Å². The summed E-state index contributed by atoms with van der Waals surface area (Å²) in [7, 11) is -4.44. The Balaban J connectivity index is 3.34. The molecule has 87 valence electrons. The molecule has 0 bridgehead atoms. The quantitative estimate of drug-likeness (QED) is 0.466. The summed E-state index contributed by atoms with van der Waals surface area (Å²) in [5.41, 5.74) is -0.286. The Kier molecular flexibility index (Phi) is 3.45. The van der Waals surface area contributed by atoms with Crippen molar-refractivity contribution in [3.05, 3.63) is 35.2 Å². The van der Waals surface area contributed by atoms with Crippen molar-refractivity contribution in [2.24, 2.45) is 0 Å². The van der Waals surface area contributed by atoms with Crippen LogP contribution in [0, 0.1) is 17.0 Å². The smallest absolute Gasteiger partial charge is 0.294 e. The summed E-state index contributed by atoms with van der Waals surface area (Å²) in [4.78, 5) is 9.38. The number of nitrogens with zero attached hydrogens (tertiary/aromatic N) is 1. The van der Waals surface area contributed by atoms with Crippen LogP contribution in [0.4, 0.5) is 11.4 Å². The van der Waals surface area contributed by atoms with Gasteiger partial charge in [-0.3, -0.25) is 14.7 Å². The second-order valence-electron chi connectivity index (χ2n) is 2.84. The maximum atomic E-state index is 10.8. The van der Waals surface area contributed by atoms with E-state index in [1.165, 1.54) is 6.07 Å². The Morgan fingerprint density at radius 1 is 1.50 bits per heavy atom. The molecule has 0 spiro atoms. The minimum absolute atomic E-state index is 0.146. The molecule has 0 aliphatic carbocycles. The van der Waals surface area contributed by atoms with Crippen LogP contribution in [0.25, 0.3) is 0 Å². The number of benzene rings is 1. The topological polar surface area (TPSA) is 110 Å². The number of hydrogen-bond acceptors (Lipinski definition) is 5. The summed E-state index contributed by atoms with van der Waals surface area (Å²) in [5, 5.41) is 13.3. The molecular weight excluding hydrogens is 236 g/mol. The standard InChI is InChI=1S/C8H9N2O5S/c1-2-9-7-4-3-6(16(13,14)15)5-8(7)10(11)12/h3-5,9H,1-2H2,(H,13,14,15). The van der Waals surface area contributed by atoms with E-state index in [9.17, 15) is 18.5 Å². The van der Waals surface area contributed by atoms with E-state index in [2.05, 4.69) is 12.2 Å². The number of nitro benzene ring substituents is 1. The van der Waals surface area contributed by atoms with Crippen molar-refractivity contribution >= 4 is 21.5 Å². The second kappa shape index (κ2) is 4.45. The predicted molar refractivity (Wildman–Crippen MR) is 56.8 cm³/mol. The molecule has 1 radical (unpaired) electrons. The van der Waals surface area contributed by atoms with Gasteiger partial charge in [-0.1, -0.05) is 0 Å². The molecule has 0 saturated carbocycles. The number of rotatable bonds is 4. The minimum atomic E-state index is -4.44. The molecule has 0 saturated heterocycles. The average Bonchev–Trinajstić information content (AvgIpc) is 2.16. The van der Waals surface area contributed by atoms with Crippen LogP contribution in [0.15, 0.2) is 23.1 Å². The molecule has 7 nitrogen and oxygen atoms in total. The van der Waals surface area contributed by atoms with Gasteiger partial charge in [0.2, 0.25) is 0 Å². The molecule has 16 heavy (non-hydrogen) atoms. The number of anilines is 1. The minimum Gasteiger partial charge on any atom is -0.379 e. The Labute approximate surface area is 92.0 Å². The highest BCUT2D eigenvalue weighted by Gasteiger charge is 2.19. The van der Waals surface area contributed by atoms with Gasteiger partial charge in [-0.25, -0.2) is 0 Å². The predicted octanol–water partition coefficient (Wildman–Crippen LogP) is 1.09. The molecule has 0 unspecified atom stereocenters. The maximum absolute atomic E-state index is 10.8. The molecule has 1 aromatic carbocycles. The summed E-state index contributed by atoms with van der Waals surface area (Å²) in [6.45, 7) is 3.67. The van der Waals surface area contributed by atoms with E-state index in [0.717, 1.165) is 12.1 Å². The number of hydrogen-bond donors (Lipinski definition) is 2. The lowest BCUT2D eigenvalue weighted by Crippen LogP contribution is -2.04. The molecular formula is C8H9N2O5S. The van der Waals surface area contributed by atoms with E-state index >= 15 is 0 Å². The van der Waals surface area contributed by atoms with E-state index < -0.39 is 25.6 Å². The first-order chi connectivity index (χ1) is 7.36. The zero-order valence-corrected chi connectivity index (χ0v) is 8.90. The largest absolute Gasteiger partial charge is 0.379 e. The Bertz CT molecular complexity index is 511. The zero-order chi connectivity index (χ0) is 12.3. The fraction of sp³-hybridized carbons (Fsp3) is 0.125. The first-order valence-corrected chi connectivity index (χ1v) is 5.59. The Morgan fingerprint density at radius 3 is 2.56 bits per heavy atom. The third-order valence-electron chi connectivity index (χ3n) is 1.78. The van der Waals surface area contributed by atoms with Gasteiger partial charge in [-0.2, -0.15) is 8.42 Å². The van der Waals surface area contributed by atoms with Gasteiger partial charge in [0.15, 0.2) is 0 Å². The monoisotopic (exact) mass is 245 g/mol. The molecule has 8 heteroatoms. The van der Waals surface area contributed by atoms with E-state index in [1.807, 2.05) is 0 Å². The van der Waals surface area contributed by atoms with Crippen LogP contribution in [0.1, 0.15) is 0 Å². The van der Waals surface area contributed by atoms with Crippen LogP contribution in [0.2, 0.25) is 0 Å². The van der Waals surface area contributed by atoms with E-state index in [0.29, 0.717) is 0 Å². The van der Waals surface area contributed by atoms with Crippen molar-refractivity contribution in [3.63, 3.8) is 0 Å². The fourth-order valence-electron chi connectivity index (χ4n) is 1.11. The molecule has 1 rings (SSSR count). The lowest BCUT2D eigenvalue weighted by molar-refractivity contribution is -0.384. The maximum Gasteiger partial charge on any atom is 0.294 e. The molecule has 0 aliphatic heterocycles. The number of nitro groups is 1. The molecule has 0 aliphatic rings. The highest BCUT2D eigenvalue weighted by atomic mass is 32.2. The highest BCUT2D eigenvalue weighted by molar-refractivity contribution is 7.85. The fourth-order valence-corrected chi connectivity index (χ4v) is 1.61. The summed E-state index contributed by atoms with van der Waals surface area (Å²) in [6, 6.07) is 3.06. The zero-order valence-electron chi connectivity index (χ0n) is 8.08. The van der Waals surface area contributed by atoms with Crippen molar-refractivity contribution in [2.45, 2.75) is 4.90 Å². The third kappa shape index (κ3) is 2.67. The van der Waals surface area contributed by atoms with Crippen LogP contribution >= 0.6 is 0 Å². The Hall–Kier alpha value is -1.67. The average molecular weight is 245 g/mol. The Morgan fingerprint density at radius 2 is 2.12 bits per heavy atom. The van der Waals surface area contributed by atoms with Gasteiger partial charge in [0.25, 0.3) is 15.8 Å². The van der Waals surface area contributed by atoms with E-state index in [-0.39, 0.29) is 12.2 Å². The van der Waals surface area contributed by atoms with Gasteiger partial charge >= 0.3 is 0 Å². The van der Waals surface area contributed by atoms with Crippen molar-refractivity contribution < 1.29 is 17.9 Å². The van der Waals surface area contributed by atoms with Gasteiger partial charge in [0.1, 0.15) is 10.6 Å². The summed E-state index contributed by atoms with van der Waals surface area (Å²) in [5.74, 6) is 0. The molecule has 2 N–H and O–H groups in total. The van der Waals surface area contributed by atoms with Crippen molar-refractivity contribution in [2.75, 3.05) is 11.9 Å². The van der Waals surface area contributed by atoms with Gasteiger partial charge in [-0.05, 0) is 19.1 Å². The second-order valence-corrected chi connectivity index (χ2v) is 4.26. The highest BCUT2D eigenvalue weighted by Crippen LogP contribution is 2.27. The lowest BCUT2D eigenvalue weighted by Gasteiger charge is -2.05. The van der Waals surface area contributed by atoms with Crippen LogP contribution in [-0.2, 0) is 10.1 Å². The van der Waals surface area contributed by atoms with E-state index in [1.54, 1.807) is 0 Å². The summed E-state index contributed by atoms with van der Waals surface area (Å²) >= 11 is 0. The van der Waals surface area contributed by atoms with Crippen molar-refractivity contribution in [1.82, 2.24) is 0 Å². The van der Waals surface area contributed by atoms with Gasteiger partial charge in [0, 0.05) is 12.6 Å². The summed E-state index contributed by atoms with van der Waals surface area (Å²) < 4.78 is 30.3. The normalized spacial score (nSPS) is 11.1. The van der Waals surface area contributed by atoms with Gasteiger partial charge in [-0.15, -0.1) is 0 Å². The molecule has 0 fully saturated rings. The van der Waals surface area contributed by atoms with Crippen molar-refractivity contribution in [3.8, 4) is 0 Å². The first kappa shape index (κ1) is 12.4. The van der Waals surface area contributed by atoms with Crippen LogP contribution < -0.4 is 5.32 Å². The van der Waals surface area contributed by atoms with Crippen LogP contribution in [-0.4, -0.2) is 24.4 Å². The van der Waals surface area contributed by atoms with Crippen LogP contribution in [0.3, 0.4) is 0 Å². The molecule has 1 aromatic rings. The summed E-state index contributed by atoms with van der Waals surface area (Å²) in [6.07, 6.45) is 0. The lowest BCUT2D eigenvalue weighted by atomic mass is 10.2. The molecule has 0 aromatic heterocycles. The van der Waals surface area contributed by atoms with Gasteiger partial charge in [0.05, 0.1) is 4.92 Å². The van der Waals surface area contributed by atoms with Crippen molar-refractivity contribution in [1.29, 1.82) is 0 Å².